The van der Waals surface area contributed by atoms with Gasteiger partial charge in [-0.15, -0.1) is 0 Å². The summed E-state index contributed by atoms with van der Waals surface area (Å²) in [5.74, 6) is 1.48. The topological polar surface area (TPSA) is 43.6 Å². The minimum Gasteiger partial charge on any atom is -0.337 e. The second-order valence-electron chi connectivity index (χ2n) is 6.41. The summed E-state index contributed by atoms with van der Waals surface area (Å²) in [6, 6.07) is 14.8. The van der Waals surface area contributed by atoms with Crippen molar-refractivity contribution in [1.82, 2.24) is 19.5 Å². The van der Waals surface area contributed by atoms with Gasteiger partial charge in [-0.3, -0.25) is 0 Å². The molecule has 0 fully saturated rings. The molecule has 0 atom stereocenters. The predicted octanol–water partition coefficient (Wildman–Crippen LogP) is 4.26. The van der Waals surface area contributed by atoms with Gasteiger partial charge in [-0.25, -0.2) is 19.3 Å². The van der Waals surface area contributed by atoms with E-state index in [-0.39, 0.29) is 5.82 Å². The second-order valence-corrected chi connectivity index (χ2v) is 6.41. The number of hydrogen-bond acceptors (Lipinski definition) is 3. The number of hydrogen-bond donors (Lipinski definition) is 0. The van der Waals surface area contributed by atoms with Crippen LogP contribution in [0.15, 0.2) is 54.7 Å². The van der Waals surface area contributed by atoms with Crippen molar-refractivity contribution in [3.05, 3.63) is 77.9 Å². The summed E-state index contributed by atoms with van der Waals surface area (Å²) in [6.07, 6.45) is 3.47. The number of aryl methyl sites for hydroxylation is 4. The Hall–Kier alpha value is -3.08. The highest BCUT2D eigenvalue weighted by Gasteiger charge is 2.10. The molecule has 4 aromatic rings. The number of imidazole rings is 1. The van der Waals surface area contributed by atoms with Crippen molar-refractivity contribution in [1.29, 1.82) is 0 Å². The van der Waals surface area contributed by atoms with E-state index in [0.717, 1.165) is 45.9 Å². The van der Waals surface area contributed by atoms with Gasteiger partial charge in [-0.1, -0.05) is 30.3 Å². The summed E-state index contributed by atoms with van der Waals surface area (Å²) in [5, 5.41) is 0.761. The zero-order chi connectivity index (χ0) is 18.1. The molecular weight excluding hydrogens is 327 g/mol. The maximum absolute atomic E-state index is 13.4. The lowest BCUT2D eigenvalue weighted by Crippen LogP contribution is -2.04. The molecule has 2 aromatic carbocycles. The van der Waals surface area contributed by atoms with Crippen LogP contribution in [0.4, 0.5) is 4.39 Å². The van der Waals surface area contributed by atoms with E-state index in [4.69, 9.17) is 4.98 Å². The highest BCUT2D eigenvalue weighted by atomic mass is 19.1. The maximum atomic E-state index is 13.4. The lowest BCUT2D eigenvalue weighted by atomic mass is 10.1. The third kappa shape index (κ3) is 3.20. The van der Waals surface area contributed by atoms with Gasteiger partial charge in [0, 0.05) is 42.7 Å². The summed E-state index contributed by atoms with van der Waals surface area (Å²) in [7, 11) is 2.00. The molecule has 0 unspecified atom stereocenters. The zero-order valence-corrected chi connectivity index (χ0v) is 14.8. The fourth-order valence-corrected chi connectivity index (χ4v) is 3.13. The van der Waals surface area contributed by atoms with Crippen LogP contribution < -0.4 is 0 Å². The summed E-state index contributed by atoms with van der Waals surface area (Å²) in [6.45, 7) is 1.89. The average Bonchev–Trinajstić information content (AvgIpc) is 3.02. The fraction of sp³-hybridized carbons (Fsp3) is 0.190. The normalized spacial score (nSPS) is 11.2. The van der Waals surface area contributed by atoms with E-state index in [1.54, 1.807) is 6.07 Å². The molecule has 0 aliphatic heterocycles. The first-order chi connectivity index (χ1) is 12.6. The Balaban J connectivity index is 1.57. The van der Waals surface area contributed by atoms with Gasteiger partial charge >= 0.3 is 0 Å². The first kappa shape index (κ1) is 16.4. The molecule has 0 radical (unpaired) electrons. The van der Waals surface area contributed by atoms with Crippen LogP contribution in [-0.4, -0.2) is 19.5 Å². The van der Waals surface area contributed by atoms with E-state index in [1.165, 1.54) is 12.1 Å². The standard InChI is InChI=1S/C21H19FN4/c1-14-17-12-16(22)8-9-18(17)24-20(23-14)10-11-21-25-19(13-26(21)2)15-6-4-3-5-7-15/h3-9,12-13H,10-11H2,1-2H3. The van der Waals surface area contributed by atoms with E-state index in [9.17, 15) is 4.39 Å². The van der Waals surface area contributed by atoms with Crippen molar-refractivity contribution in [2.75, 3.05) is 0 Å². The molecule has 0 amide bonds. The second kappa shape index (κ2) is 6.67. The third-order valence-electron chi connectivity index (χ3n) is 4.51. The van der Waals surface area contributed by atoms with Crippen LogP contribution in [0.1, 0.15) is 17.3 Å². The third-order valence-corrected chi connectivity index (χ3v) is 4.51. The van der Waals surface area contributed by atoms with Crippen LogP contribution in [-0.2, 0) is 19.9 Å². The quantitative estimate of drug-likeness (QED) is 0.554. The minimum absolute atomic E-state index is 0.265. The number of halogens is 1. The maximum Gasteiger partial charge on any atom is 0.129 e. The summed E-state index contributed by atoms with van der Waals surface area (Å²) in [5.41, 5.74) is 3.65. The van der Waals surface area contributed by atoms with E-state index >= 15 is 0 Å². The Morgan fingerprint density at radius 1 is 0.962 bits per heavy atom. The van der Waals surface area contributed by atoms with Gasteiger partial charge in [0.2, 0.25) is 0 Å². The molecular formula is C21H19FN4. The SMILES string of the molecule is Cc1nc(CCc2nc(-c3ccccc3)cn2C)nc2ccc(F)cc12. The van der Waals surface area contributed by atoms with E-state index < -0.39 is 0 Å². The smallest absolute Gasteiger partial charge is 0.129 e. The van der Waals surface area contributed by atoms with Gasteiger partial charge in [0.05, 0.1) is 11.2 Å². The van der Waals surface area contributed by atoms with Crippen LogP contribution in [0.3, 0.4) is 0 Å². The molecule has 130 valence electrons. The van der Waals surface area contributed by atoms with Gasteiger partial charge < -0.3 is 4.57 Å². The monoisotopic (exact) mass is 346 g/mol. The number of fused-ring (bicyclic) bond motifs is 1. The Kier molecular flexibility index (Phi) is 4.21. The Bertz CT molecular complexity index is 1070. The molecule has 0 N–H and O–H groups in total. The Labute approximate surface area is 151 Å². The zero-order valence-electron chi connectivity index (χ0n) is 14.8. The minimum atomic E-state index is -0.265. The summed E-state index contributed by atoms with van der Waals surface area (Å²) < 4.78 is 15.5. The molecule has 2 heterocycles. The van der Waals surface area contributed by atoms with Crippen LogP contribution in [0.25, 0.3) is 22.2 Å². The highest BCUT2D eigenvalue weighted by Crippen LogP contribution is 2.20. The molecule has 4 nitrogen and oxygen atoms in total. The van der Waals surface area contributed by atoms with Crippen LogP contribution in [0.2, 0.25) is 0 Å². The van der Waals surface area contributed by atoms with Crippen molar-refractivity contribution in [2.24, 2.45) is 7.05 Å². The highest BCUT2D eigenvalue weighted by molar-refractivity contribution is 5.80. The van der Waals surface area contributed by atoms with Gasteiger partial charge in [-0.05, 0) is 25.1 Å². The summed E-state index contributed by atoms with van der Waals surface area (Å²) >= 11 is 0. The molecule has 0 saturated heterocycles. The molecule has 0 bridgehead atoms. The van der Waals surface area contributed by atoms with Crippen molar-refractivity contribution in [3.8, 4) is 11.3 Å². The number of aromatic nitrogens is 4. The van der Waals surface area contributed by atoms with E-state index in [1.807, 2.05) is 42.9 Å². The molecule has 0 saturated carbocycles. The van der Waals surface area contributed by atoms with E-state index in [0.29, 0.717) is 6.42 Å². The van der Waals surface area contributed by atoms with Crippen LogP contribution in [0.5, 0.6) is 0 Å². The molecule has 0 aliphatic carbocycles. The van der Waals surface area contributed by atoms with Gasteiger partial charge in [0.15, 0.2) is 0 Å². The first-order valence-corrected chi connectivity index (χ1v) is 8.60. The summed E-state index contributed by atoms with van der Waals surface area (Å²) in [4.78, 5) is 13.9. The average molecular weight is 346 g/mol. The Morgan fingerprint density at radius 2 is 1.77 bits per heavy atom. The van der Waals surface area contributed by atoms with Gasteiger partial charge in [0.25, 0.3) is 0 Å². The van der Waals surface area contributed by atoms with E-state index in [2.05, 4.69) is 22.1 Å². The molecule has 26 heavy (non-hydrogen) atoms. The fourth-order valence-electron chi connectivity index (χ4n) is 3.13. The molecule has 5 heteroatoms. The van der Waals surface area contributed by atoms with Gasteiger partial charge in [0.1, 0.15) is 17.5 Å². The van der Waals surface area contributed by atoms with Crippen LogP contribution >= 0.6 is 0 Å². The number of benzene rings is 2. The molecule has 2 aromatic heterocycles. The Morgan fingerprint density at radius 3 is 2.58 bits per heavy atom. The number of rotatable bonds is 4. The van der Waals surface area contributed by atoms with Crippen molar-refractivity contribution < 1.29 is 4.39 Å². The van der Waals surface area contributed by atoms with Gasteiger partial charge in [-0.2, -0.15) is 0 Å². The van der Waals surface area contributed by atoms with Crippen LogP contribution in [0, 0.1) is 12.7 Å². The molecule has 0 aliphatic rings. The van der Waals surface area contributed by atoms with Crippen molar-refractivity contribution in [2.45, 2.75) is 19.8 Å². The van der Waals surface area contributed by atoms with Crippen molar-refractivity contribution in [3.63, 3.8) is 0 Å². The largest absolute Gasteiger partial charge is 0.337 e. The molecule has 0 spiro atoms. The molecule has 4 rings (SSSR count). The first-order valence-electron chi connectivity index (χ1n) is 8.60. The lowest BCUT2D eigenvalue weighted by molar-refractivity contribution is 0.629. The van der Waals surface area contributed by atoms with Crippen molar-refractivity contribution >= 4 is 10.9 Å². The lowest BCUT2D eigenvalue weighted by Gasteiger charge is -2.06. The predicted molar refractivity (Wildman–Crippen MR) is 100 cm³/mol. The number of nitrogens with zero attached hydrogens (tertiary/aromatic N) is 4.